The first kappa shape index (κ1) is 14.8. The van der Waals surface area contributed by atoms with Crippen molar-refractivity contribution in [2.75, 3.05) is 17.6 Å². The molecule has 0 atom stereocenters. The van der Waals surface area contributed by atoms with Gasteiger partial charge in [-0.05, 0) is 24.1 Å². The summed E-state index contributed by atoms with van der Waals surface area (Å²) in [5, 5.41) is 12.4. The molecule has 2 aromatic rings. The van der Waals surface area contributed by atoms with Crippen LogP contribution in [0.3, 0.4) is 0 Å². The highest BCUT2D eigenvalue weighted by molar-refractivity contribution is 7.17. The molecule has 21 heavy (non-hydrogen) atoms. The van der Waals surface area contributed by atoms with Gasteiger partial charge in [0.1, 0.15) is 21.8 Å². The van der Waals surface area contributed by atoms with Crippen molar-refractivity contribution in [2.24, 2.45) is 5.73 Å². The summed E-state index contributed by atoms with van der Waals surface area (Å²) < 4.78 is 13.1. The van der Waals surface area contributed by atoms with Crippen LogP contribution in [-0.2, 0) is 6.42 Å². The molecular formula is C14H13FN4OS. The third-order valence-electron chi connectivity index (χ3n) is 2.88. The van der Waals surface area contributed by atoms with Gasteiger partial charge in [-0.3, -0.25) is 4.79 Å². The molecule has 5 nitrogen and oxygen atoms in total. The minimum Gasteiger partial charge on any atom is -0.396 e. The quantitative estimate of drug-likeness (QED) is 0.786. The Morgan fingerprint density at radius 3 is 2.86 bits per heavy atom. The van der Waals surface area contributed by atoms with Crippen LogP contribution in [0.1, 0.15) is 20.8 Å². The van der Waals surface area contributed by atoms with Crippen LogP contribution in [0.15, 0.2) is 24.3 Å². The van der Waals surface area contributed by atoms with Gasteiger partial charge in [-0.25, -0.2) is 4.39 Å². The number of primary amides is 1. The maximum atomic E-state index is 13.1. The molecule has 2 rings (SSSR count). The largest absolute Gasteiger partial charge is 0.396 e. The molecule has 0 radical (unpaired) electrons. The number of halogens is 1. The maximum Gasteiger partial charge on any atom is 0.253 e. The fourth-order valence-corrected chi connectivity index (χ4v) is 2.86. The number of amides is 1. The number of nitrogens with two attached hydrogens (primary N) is 2. The first-order valence-electron chi connectivity index (χ1n) is 6.13. The number of nitrogens with one attached hydrogen (secondary N) is 1. The molecule has 0 spiro atoms. The first-order chi connectivity index (χ1) is 10.0. The number of benzene rings is 1. The van der Waals surface area contributed by atoms with Gasteiger partial charge in [0.15, 0.2) is 0 Å². The molecule has 5 N–H and O–H groups in total. The molecule has 0 bridgehead atoms. The summed E-state index contributed by atoms with van der Waals surface area (Å²) in [6.45, 7) is 0.467. The summed E-state index contributed by atoms with van der Waals surface area (Å²) in [5.41, 5.74) is 12.1. The van der Waals surface area contributed by atoms with Gasteiger partial charge in [0, 0.05) is 6.54 Å². The van der Waals surface area contributed by atoms with Crippen molar-refractivity contribution in [1.29, 1.82) is 5.26 Å². The molecule has 0 aliphatic carbocycles. The van der Waals surface area contributed by atoms with Crippen LogP contribution in [0.5, 0.6) is 0 Å². The highest BCUT2D eigenvalue weighted by Gasteiger charge is 2.19. The van der Waals surface area contributed by atoms with E-state index in [0.717, 1.165) is 16.9 Å². The van der Waals surface area contributed by atoms with E-state index >= 15 is 0 Å². The molecule has 0 aliphatic heterocycles. The number of nitrogens with zero attached hydrogens (tertiary/aromatic N) is 1. The third-order valence-corrected chi connectivity index (χ3v) is 3.95. The van der Waals surface area contributed by atoms with Crippen LogP contribution in [0.25, 0.3) is 0 Å². The van der Waals surface area contributed by atoms with Gasteiger partial charge in [0.05, 0.1) is 11.3 Å². The number of rotatable bonds is 5. The monoisotopic (exact) mass is 304 g/mol. The van der Waals surface area contributed by atoms with Gasteiger partial charge in [0.25, 0.3) is 5.91 Å². The zero-order valence-electron chi connectivity index (χ0n) is 11.0. The first-order valence-corrected chi connectivity index (χ1v) is 6.95. The van der Waals surface area contributed by atoms with E-state index in [9.17, 15) is 9.18 Å². The lowest BCUT2D eigenvalue weighted by Gasteiger charge is -2.06. The summed E-state index contributed by atoms with van der Waals surface area (Å²) in [6.07, 6.45) is 0.565. The van der Waals surface area contributed by atoms with Crippen LogP contribution in [0, 0.1) is 17.1 Å². The standard InChI is InChI=1S/C14H13FN4OS/c15-9-3-1-2-8(6-9)4-5-19-14-11(13(18)20)12(17)10(7-16)21-14/h1-3,6,19H,4-5,17H2,(H2,18,20). The zero-order chi connectivity index (χ0) is 15.4. The van der Waals surface area contributed by atoms with Gasteiger partial charge in [0.2, 0.25) is 0 Å². The molecule has 1 amide bonds. The number of anilines is 2. The second-order valence-corrected chi connectivity index (χ2v) is 5.35. The molecule has 0 unspecified atom stereocenters. The Morgan fingerprint density at radius 1 is 1.48 bits per heavy atom. The van der Waals surface area contributed by atoms with Gasteiger partial charge in [-0.1, -0.05) is 12.1 Å². The van der Waals surface area contributed by atoms with E-state index in [-0.39, 0.29) is 21.9 Å². The van der Waals surface area contributed by atoms with E-state index in [0.29, 0.717) is 18.0 Å². The van der Waals surface area contributed by atoms with Crippen LogP contribution in [-0.4, -0.2) is 12.5 Å². The van der Waals surface area contributed by atoms with Gasteiger partial charge >= 0.3 is 0 Å². The van der Waals surface area contributed by atoms with E-state index < -0.39 is 5.91 Å². The fraction of sp³-hybridized carbons (Fsp3) is 0.143. The smallest absolute Gasteiger partial charge is 0.253 e. The van der Waals surface area contributed by atoms with Crippen molar-refractivity contribution < 1.29 is 9.18 Å². The average Bonchev–Trinajstić information content (AvgIpc) is 2.75. The topological polar surface area (TPSA) is 105 Å². The summed E-state index contributed by atoms with van der Waals surface area (Å²) in [7, 11) is 0. The highest BCUT2D eigenvalue weighted by Crippen LogP contribution is 2.34. The summed E-state index contributed by atoms with van der Waals surface area (Å²) in [5.74, 6) is -0.976. The average molecular weight is 304 g/mol. The Hall–Kier alpha value is -2.59. The number of thiophene rings is 1. The Balaban J connectivity index is 2.10. The molecule has 108 valence electrons. The minimum atomic E-state index is -0.682. The number of nitriles is 1. The lowest BCUT2D eigenvalue weighted by Crippen LogP contribution is -2.15. The number of hydrogen-bond acceptors (Lipinski definition) is 5. The molecule has 1 aromatic heterocycles. The highest BCUT2D eigenvalue weighted by atomic mass is 32.1. The van der Waals surface area contributed by atoms with Crippen LogP contribution >= 0.6 is 11.3 Å². The van der Waals surface area contributed by atoms with Gasteiger partial charge in [-0.2, -0.15) is 5.26 Å². The second kappa shape index (κ2) is 6.24. The number of carbonyl (C=O) groups is 1. The normalized spacial score (nSPS) is 10.1. The molecule has 0 saturated heterocycles. The molecule has 1 heterocycles. The summed E-state index contributed by atoms with van der Waals surface area (Å²) >= 11 is 1.08. The second-order valence-electron chi connectivity index (χ2n) is 4.33. The van der Waals surface area contributed by atoms with Crippen molar-refractivity contribution in [3.05, 3.63) is 46.1 Å². The molecule has 0 aliphatic rings. The Labute approximate surface area is 125 Å². The minimum absolute atomic E-state index is 0.100. The lowest BCUT2D eigenvalue weighted by molar-refractivity contribution is 0.100. The van der Waals surface area contributed by atoms with E-state index in [1.165, 1.54) is 12.1 Å². The fourth-order valence-electron chi connectivity index (χ4n) is 1.91. The summed E-state index contributed by atoms with van der Waals surface area (Å²) in [4.78, 5) is 11.6. The molecule has 1 aromatic carbocycles. The molecule has 0 saturated carbocycles. The van der Waals surface area contributed by atoms with E-state index in [2.05, 4.69) is 5.32 Å². The third kappa shape index (κ3) is 3.30. The Morgan fingerprint density at radius 2 is 2.24 bits per heavy atom. The van der Waals surface area contributed by atoms with Crippen molar-refractivity contribution in [3.63, 3.8) is 0 Å². The van der Waals surface area contributed by atoms with Crippen LogP contribution in [0.4, 0.5) is 15.1 Å². The predicted molar refractivity (Wildman–Crippen MR) is 80.6 cm³/mol. The molecule has 0 fully saturated rings. The van der Waals surface area contributed by atoms with Crippen molar-refractivity contribution in [1.82, 2.24) is 0 Å². The predicted octanol–water partition coefficient (Wildman–Crippen LogP) is 2.09. The number of hydrogen-bond donors (Lipinski definition) is 3. The van der Waals surface area contributed by atoms with E-state index in [4.69, 9.17) is 16.7 Å². The maximum absolute atomic E-state index is 13.1. The molecule has 7 heteroatoms. The number of carbonyl (C=O) groups excluding carboxylic acids is 1. The molecular weight excluding hydrogens is 291 g/mol. The summed E-state index contributed by atoms with van der Waals surface area (Å²) in [6, 6.07) is 8.19. The van der Waals surface area contributed by atoms with Crippen molar-refractivity contribution >= 4 is 27.9 Å². The van der Waals surface area contributed by atoms with Crippen molar-refractivity contribution in [2.45, 2.75) is 6.42 Å². The van der Waals surface area contributed by atoms with Gasteiger partial charge in [-0.15, -0.1) is 11.3 Å². The Kier molecular flexibility index (Phi) is 4.40. The van der Waals surface area contributed by atoms with Crippen LogP contribution < -0.4 is 16.8 Å². The van der Waals surface area contributed by atoms with Gasteiger partial charge < -0.3 is 16.8 Å². The zero-order valence-corrected chi connectivity index (χ0v) is 11.8. The SMILES string of the molecule is N#Cc1sc(NCCc2cccc(F)c2)c(C(N)=O)c1N. The Bertz CT molecular complexity index is 720. The number of nitrogen functional groups attached to an aromatic ring is 1. The van der Waals surface area contributed by atoms with Crippen LogP contribution in [0.2, 0.25) is 0 Å². The van der Waals surface area contributed by atoms with Crippen molar-refractivity contribution in [3.8, 4) is 6.07 Å². The lowest BCUT2D eigenvalue weighted by atomic mass is 10.1. The van der Waals surface area contributed by atoms with E-state index in [1.807, 2.05) is 12.1 Å². The van der Waals surface area contributed by atoms with E-state index in [1.54, 1.807) is 6.07 Å².